The van der Waals surface area contributed by atoms with Gasteiger partial charge in [0.1, 0.15) is 0 Å². The van der Waals surface area contributed by atoms with Crippen molar-refractivity contribution in [3.05, 3.63) is 60.4 Å². The average Bonchev–Trinajstić information content (AvgIpc) is 2.38. The highest BCUT2D eigenvalue weighted by Gasteiger charge is 2.00. The van der Waals surface area contributed by atoms with Gasteiger partial charge in [-0.25, -0.2) is 5.84 Å². The summed E-state index contributed by atoms with van der Waals surface area (Å²) in [5.41, 5.74) is 2.29. The SMILES string of the molecule is NN(CCc1ccncc1)c1ccccc1. The largest absolute Gasteiger partial charge is 0.311 e. The van der Waals surface area contributed by atoms with Crippen molar-refractivity contribution in [3.63, 3.8) is 0 Å². The van der Waals surface area contributed by atoms with Crippen LogP contribution in [0.1, 0.15) is 5.56 Å². The van der Waals surface area contributed by atoms with Crippen LogP contribution in [-0.2, 0) is 6.42 Å². The number of aromatic nitrogens is 1. The number of benzene rings is 1. The molecule has 2 N–H and O–H groups in total. The highest BCUT2D eigenvalue weighted by molar-refractivity contribution is 5.44. The maximum Gasteiger partial charge on any atom is 0.0517 e. The molecule has 0 bridgehead atoms. The van der Waals surface area contributed by atoms with Crippen molar-refractivity contribution in [3.8, 4) is 0 Å². The third-order valence-electron chi connectivity index (χ3n) is 2.48. The summed E-state index contributed by atoms with van der Waals surface area (Å²) >= 11 is 0. The van der Waals surface area contributed by atoms with Crippen LogP contribution in [0, 0.1) is 0 Å². The van der Waals surface area contributed by atoms with Crippen LogP contribution >= 0.6 is 0 Å². The fraction of sp³-hybridized carbons (Fsp3) is 0.154. The molecular weight excluding hydrogens is 198 g/mol. The Morgan fingerprint density at radius 3 is 2.38 bits per heavy atom. The Labute approximate surface area is 95.5 Å². The molecule has 2 aromatic rings. The number of rotatable bonds is 4. The summed E-state index contributed by atoms with van der Waals surface area (Å²) < 4.78 is 0. The normalized spacial score (nSPS) is 10.1. The lowest BCUT2D eigenvalue weighted by Gasteiger charge is -2.18. The van der Waals surface area contributed by atoms with E-state index < -0.39 is 0 Å². The lowest BCUT2D eigenvalue weighted by molar-refractivity contribution is 0.823. The molecule has 3 heteroatoms. The van der Waals surface area contributed by atoms with E-state index in [1.165, 1.54) is 5.56 Å². The smallest absolute Gasteiger partial charge is 0.0517 e. The van der Waals surface area contributed by atoms with Gasteiger partial charge in [0, 0.05) is 18.9 Å². The Bertz CT molecular complexity index is 414. The summed E-state index contributed by atoms with van der Waals surface area (Å²) in [7, 11) is 0. The van der Waals surface area contributed by atoms with Gasteiger partial charge in [-0.2, -0.15) is 0 Å². The summed E-state index contributed by atoms with van der Waals surface area (Å²) in [6, 6.07) is 14.0. The van der Waals surface area contributed by atoms with Crippen LogP contribution in [0.3, 0.4) is 0 Å². The molecule has 1 aromatic heterocycles. The summed E-state index contributed by atoms with van der Waals surface area (Å²) in [5.74, 6) is 5.96. The second-order valence-corrected chi connectivity index (χ2v) is 3.63. The van der Waals surface area contributed by atoms with Gasteiger partial charge < -0.3 is 5.01 Å². The molecular formula is C13H15N3. The van der Waals surface area contributed by atoms with Gasteiger partial charge in [0.05, 0.1) is 5.69 Å². The first kappa shape index (κ1) is 10.6. The molecule has 1 heterocycles. The van der Waals surface area contributed by atoms with Crippen LogP contribution in [0.2, 0.25) is 0 Å². The van der Waals surface area contributed by atoms with Crippen molar-refractivity contribution in [1.29, 1.82) is 0 Å². The Balaban J connectivity index is 1.92. The maximum absolute atomic E-state index is 5.96. The quantitative estimate of drug-likeness (QED) is 0.624. The number of anilines is 1. The van der Waals surface area contributed by atoms with Crippen molar-refractivity contribution in [2.45, 2.75) is 6.42 Å². The molecule has 0 fully saturated rings. The minimum absolute atomic E-state index is 0.800. The van der Waals surface area contributed by atoms with Crippen LogP contribution in [0.5, 0.6) is 0 Å². The van der Waals surface area contributed by atoms with Gasteiger partial charge in [0.2, 0.25) is 0 Å². The topological polar surface area (TPSA) is 42.1 Å². The monoisotopic (exact) mass is 213 g/mol. The minimum atomic E-state index is 0.800. The van der Waals surface area contributed by atoms with E-state index in [2.05, 4.69) is 4.98 Å². The van der Waals surface area contributed by atoms with Crippen LogP contribution in [-0.4, -0.2) is 11.5 Å². The fourth-order valence-corrected chi connectivity index (χ4v) is 1.55. The van der Waals surface area contributed by atoms with E-state index in [0.717, 1.165) is 18.7 Å². The van der Waals surface area contributed by atoms with Gasteiger partial charge in [-0.1, -0.05) is 18.2 Å². The zero-order chi connectivity index (χ0) is 11.2. The third-order valence-corrected chi connectivity index (χ3v) is 2.48. The molecule has 16 heavy (non-hydrogen) atoms. The molecule has 0 saturated heterocycles. The van der Waals surface area contributed by atoms with Gasteiger partial charge in [-0.3, -0.25) is 4.98 Å². The molecule has 0 aliphatic rings. The van der Waals surface area contributed by atoms with E-state index >= 15 is 0 Å². The molecule has 0 unspecified atom stereocenters. The Hall–Kier alpha value is -1.87. The summed E-state index contributed by atoms with van der Waals surface area (Å²) in [5, 5.41) is 1.76. The van der Waals surface area contributed by atoms with E-state index in [1.807, 2.05) is 42.5 Å². The number of nitrogens with two attached hydrogens (primary N) is 1. The fourth-order valence-electron chi connectivity index (χ4n) is 1.55. The molecule has 0 atom stereocenters. The number of hydrogen-bond acceptors (Lipinski definition) is 3. The number of hydrazine groups is 1. The highest BCUT2D eigenvalue weighted by Crippen LogP contribution is 2.09. The summed E-state index contributed by atoms with van der Waals surface area (Å²) in [6.45, 7) is 0.800. The van der Waals surface area contributed by atoms with E-state index in [9.17, 15) is 0 Å². The maximum atomic E-state index is 5.96. The van der Waals surface area contributed by atoms with Crippen molar-refractivity contribution in [1.82, 2.24) is 4.98 Å². The van der Waals surface area contributed by atoms with Gasteiger partial charge in [-0.15, -0.1) is 0 Å². The molecule has 0 aliphatic carbocycles. The first-order valence-electron chi connectivity index (χ1n) is 5.32. The molecule has 0 amide bonds. The van der Waals surface area contributed by atoms with Crippen LogP contribution in [0.25, 0.3) is 0 Å². The number of hydrogen-bond donors (Lipinski definition) is 1. The molecule has 0 radical (unpaired) electrons. The highest BCUT2D eigenvalue weighted by atomic mass is 15.4. The lowest BCUT2D eigenvalue weighted by Crippen LogP contribution is -2.32. The molecule has 0 aliphatic heterocycles. The Kier molecular flexibility index (Phi) is 3.51. The first-order valence-corrected chi connectivity index (χ1v) is 5.32. The summed E-state index contributed by atoms with van der Waals surface area (Å²) in [6.07, 6.45) is 4.53. The van der Waals surface area contributed by atoms with Crippen LogP contribution in [0.15, 0.2) is 54.9 Å². The van der Waals surface area contributed by atoms with Crippen molar-refractivity contribution < 1.29 is 0 Å². The van der Waals surface area contributed by atoms with Gasteiger partial charge >= 0.3 is 0 Å². The first-order chi connectivity index (χ1) is 7.86. The Morgan fingerprint density at radius 1 is 1.00 bits per heavy atom. The van der Waals surface area contributed by atoms with Crippen molar-refractivity contribution >= 4 is 5.69 Å². The van der Waals surface area contributed by atoms with E-state index in [0.29, 0.717) is 0 Å². The zero-order valence-electron chi connectivity index (χ0n) is 9.08. The second-order valence-electron chi connectivity index (χ2n) is 3.63. The Morgan fingerprint density at radius 2 is 1.69 bits per heavy atom. The van der Waals surface area contributed by atoms with Crippen LogP contribution < -0.4 is 10.9 Å². The number of para-hydroxylation sites is 1. The van der Waals surface area contributed by atoms with E-state index in [4.69, 9.17) is 5.84 Å². The molecule has 2 rings (SSSR count). The average molecular weight is 213 g/mol. The third kappa shape index (κ3) is 2.81. The number of nitrogens with zero attached hydrogens (tertiary/aromatic N) is 2. The minimum Gasteiger partial charge on any atom is -0.311 e. The second kappa shape index (κ2) is 5.28. The predicted molar refractivity (Wildman–Crippen MR) is 65.9 cm³/mol. The standard InChI is InChI=1S/C13H15N3/c14-16(13-4-2-1-3-5-13)11-8-12-6-9-15-10-7-12/h1-7,9-10H,8,11,14H2. The van der Waals surface area contributed by atoms with E-state index in [-0.39, 0.29) is 0 Å². The molecule has 82 valence electrons. The van der Waals surface area contributed by atoms with Crippen LogP contribution in [0.4, 0.5) is 5.69 Å². The molecule has 1 aromatic carbocycles. The lowest BCUT2D eigenvalue weighted by atomic mass is 10.2. The van der Waals surface area contributed by atoms with Gasteiger partial charge in [0.15, 0.2) is 0 Å². The number of pyridine rings is 1. The molecule has 0 saturated carbocycles. The zero-order valence-corrected chi connectivity index (χ0v) is 9.08. The predicted octanol–water partition coefficient (Wildman–Crippen LogP) is 2.00. The van der Waals surface area contributed by atoms with E-state index in [1.54, 1.807) is 17.4 Å². The molecule has 0 spiro atoms. The van der Waals surface area contributed by atoms with Gasteiger partial charge in [-0.05, 0) is 36.2 Å². The van der Waals surface area contributed by atoms with Gasteiger partial charge in [0.25, 0.3) is 0 Å². The van der Waals surface area contributed by atoms with Crippen molar-refractivity contribution in [2.24, 2.45) is 5.84 Å². The van der Waals surface area contributed by atoms with Crippen molar-refractivity contribution in [2.75, 3.05) is 11.6 Å². The molecule has 3 nitrogen and oxygen atoms in total. The summed E-state index contributed by atoms with van der Waals surface area (Å²) in [4.78, 5) is 3.99.